The first-order valence-electron chi connectivity index (χ1n) is 15.7. The van der Waals surface area contributed by atoms with Gasteiger partial charge in [0.25, 0.3) is 0 Å². The average Bonchev–Trinajstić information content (AvgIpc) is 2.78. The second kappa shape index (κ2) is 25.6. The molecule has 2 heteroatoms. The first-order valence-corrected chi connectivity index (χ1v) is 15.7. The third-order valence-corrected chi connectivity index (χ3v) is 7.52. The summed E-state index contributed by atoms with van der Waals surface area (Å²) in [7, 11) is 0. The van der Waals surface area contributed by atoms with E-state index in [1.807, 2.05) is 0 Å². The van der Waals surface area contributed by atoms with Crippen LogP contribution in [-0.2, 0) is 4.79 Å². The predicted octanol–water partition coefficient (Wildman–Crippen LogP) is 11.4. The van der Waals surface area contributed by atoms with E-state index in [4.69, 9.17) is 0 Å². The largest absolute Gasteiger partial charge is 0.481 e. The normalized spacial score (nSPS) is 12.6. The van der Waals surface area contributed by atoms with E-state index in [1.165, 1.54) is 128 Å². The maximum atomic E-state index is 11.6. The van der Waals surface area contributed by atoms with Crippen molar-refractivity contribution in [2.45, 2.75) is 182 Å². The van der Waals surface area contributed by atoms with Crippen molar-refractivity contribution < 1.29 is 9.90 Å². The van der Waals surface area contributed by atoms with Gasteiger partial charge in [-0.15, -0.1) is 0 Å². The smallest absolute Gasteiger partial charge is 0.306 e. The summed E-state index contributed by atoms with van der Waals surface area (Å²) in [5, 5.41) is 9.56. The van der Waals surface area contributed by atoms with Gasteiger partial charge in [-0.25, -0.2) is 0 Å². The van der Waals surface area contributed by atoms with Crippen LogP contribution in [0.25, 0.3) is 0 Å². The molecule has 0 spiro atoms. The molecule has 0 aliphatic heterocycles. The Bertz CT molecular complexity index is 415. The van der Waals surface area contributed by atoms with Gasteiger partial charge in [0.2, 0.25) is 0 Å². The highest BCUT2D eigenvalue weighted by atomic mass is 16.4. The Morgan fingerprint density at radius 1 is 0.412 bits per heavy atom. The Morgan fingerprint density at radius 2 is 0.618 bits per heavy atom. The number of carbonyl (C=O) groups is 1. The topological polar surface area (TPSA) is 37.3 Å². The second-order valence-electron chi connectivity index (χ2n) is 12.0. The average molecular weight is 481 g/mol. The lowest BCUT2D eigenvalue weighted by Crippen LogP contribution is -2.13. The lowest BCUT2D eigenvalue weighted by Gasteiger charge is -2.12. The standard InChI is InChI=1S/C32H64O2/c1-29(2)25-21-17-13-9-6-5-7-11-15-19-23-27-31(32(33)34)28-24-20-16-12-8-10-14-18-22-26-30(3)4/h29-31H,5-28H2,1-4H3,(H,33,34). The second-order valence-corrected chi connectivity index (χ2v) is 12.0. The van der Waals surface area contributed by atoms with Gasteiger partial charge in [-0.3, -0.25) is 4.79 Å². The summed E-state index contributed by atoms with van der Waals surface area (Å²) in [6.45, 7) is 9.27. The minimum Gasteiger partial charge on any atom is -0.481 e. The predicted molar refractivity (Wildman–Crippen MR) is 152 cm³/mol. The molecular weight excluding hydrogens is 416 g/mol. The van der Waals surface area contributed by atoms with Crippen LogP contribution in [0.15, 0.2) is 0 Å². The molecular formula is C32H64O2. The van der Waals surface area contributed by atoms with Gasteiger partial charge in [-0.05, 0) is 24.7 Å². The first kappa shape index (κ1) is 33.5. The quantitative estimate of drug-likeness (QED) is 0.119. The van der Waals surface area contributed by atoms with Crippen molar-refractivity contribution in [2.75, 3.05) is 0 Å². The van der Waals surface area contributed by atoms with Crippen LogP contribution in [0.5, 0.6) is 0 Å². The van der Waals surface area contributed by atoms with Crippen molar-refractivity contribution in [2.24, 2.45) is 17.8 Å². The molecule has 0 aromatic heterocycles. The minimum absolute atomic E-state index is 0.100. The Balaban J connectivity index is 3.43. The first-order chi connectivity index (χ1) is 16.4. The molecule has 0 radical (unpaired) electrons. The number of carboxylic acids is 1. The lowest BCUT2D eigenvalue weighted by atomic mass is 9.94. The molecule has 0 aliphatic rings. The van der Waals surface area contributed by atoms with Gasteiger partial charge in [-0.1, -0.05) is 169 Å². The molecule has 0 saturated carbocycles. The van der Waals surface area contributed by atoms with Crippen LogP contribution >= 0.6 is 0 Å². The van der Waals surface area contributed by atoms with E-state index >= 15 is 0 Å². The highest BCUT2D eigenvalue weighted by Crippen LogP contribution is 2.20. The molecule has 0 aromatic rings. The zero-order valence-corrected chi connectivity index (χ0v) is 24.1. The zero-order valence-electron chi connectivity index (χ0n) is 24.1. The van der Waals surface area contributed by atoms with Gasteiger partial charge in [0.05, 0.1) is 5.92 Å². The molecule has 0 saturated heterocycles. The molecule has 34 heavy (non-hydrogen) atoms. The third kappa shape index (κ3) is 26.1. The van der Waals surface area contributed by atoms with Gasteiger partial charge < -0.3 is 5.11 Å². The van der Waals surface area contributed by atoms with E-state index in [9.17, 15) is 9.90 Å². The molecule has 0 bridgehead atoms. The molecule has 1 unspecified atom stereocenters. The Kier molecular flexibility index (Phi) is 25.2. The van der Waals surface area contributed by atoms with Crippen LogP contribution in [0.4, 0.5) is 0 Å². The zero-order chi connectivity index (χ0) is 25.3. The summed E-state index contributed by atoms with van der Waals surface area (Å²) >= 11 is 0. The van der Waals surface area contributed by atoms with Crippen molar-refractivity contribution in [1.82, 2.24) is 0 Å². The number of aliphatic carboxylic acids is 1. The molecule has 204 valence electrons. The molecule has 0 aliphatic carbocycles. The fourth-order valence-corrected chi connectivity index (χ4v) is 5.11. The van der Waals surface area contributed by atoms with Crippen LogP contribution in [0.1, 0.15) is 182 Å². The van der Waals surface area contributed by atoms with Gasteiger partial charge in [0.15, 0.2) is 0 Å². The highest BCUT2D eigenvalue weighted by Gasteiger charge is 2.16. The summed E-state index contributed by atoms with van der Waals surface area (Å²) in [4.78, 5) is 11.6. The van der Waals surface area contributed by atoms with E-state index in [0.29, 0.717) is 0 Å². The highest BCUT2D eigenvalue weighted by molar-refractivity contribution is 5.69. The molecule has 0 amide bonds. The monoisotopic (exact) mass is 480 g/mol. The molecule has 0 heterocycles. The van der Waals surface area contributed by atoms with Gasteiger partial charge in [0.1, 0.15) is 0 Å². The fraction of sp³-hybridized carbons (Fsp3) is 0.969. The summed E-state index contributed by atoms with van der Waals surface area (Å²) in [5.74, 6) is 1.05. The molecule has 1 N–H and O–H groups in total. The molecule has 0 rings (SSSR count). The summed E-state index contributed by atoms with van der Waals surface area (Å²) in [6, 6.07) is 0. The summed E-state index contributed by atoms with van der Waals surface area (Å²) < 4.78 is 0. The van der Waals surface area contributed by atoms with Gasteiger partial charge in [-0.2, -0.15) is 0 Å². The molecule has 1 atom stereocenters. The number of hydrogen-bond donors (Lipinski definition) is 1. The van der Waals surface area contributed by atoms with E-state index in [1.54, 1.807) is 0 Å². The van der Waals surface area contributed by atoms with Crippen LogP contribution in [0, 0.1) is 17.8 Å². The molecule has 0 fully saturated rings. The summed E-state index contributed by atoms with van der Waals surface area (Å²) in [6.07, 6.45) is 31.2. The Labute approximate surface area is 215 Å². The molecule has 0 aromatic carbocycles. The van der Waals surface area contributed by atoms with Gasteiger partial charge in [0, 0.05) is 0 Å². The van der Waals surface area contributed by atoms with Crippen LogP contribution in [0.3, 0.4) is 0 Å². The van der Waals surface area contributed by atoms with Crippen LogP contribution in [-0.4, -0.2) is 11.1 Å². The maximum absolute atomic E-state index is 11.6. The van der Waals surface area contributed by atoms with E-state index < -0.39 is 5.97 Å². The van der Waals surface area contributed by atoms with E-state index in [2.05, 4.69) is 27.7 Å². The van der Waals surface area contributed by atoms with Crippen molar-refractivity contribution >= 4 is 5.97 Å². The Morgan fingerprint density at radius 3 is 0.824 bits per heavy atom. The SMILES string of the molecule is CC(C)CCCCCCCCCCCCCC(CCCCCCCCCCCC(C)C)C(=O)O. The Hall–Kier alpha value is -0.530. The van der Waals surface area contributed by atoms with Crippen LogP contribution in [0.2, 0.25) is 0 Å². The number of carboxylic acid groups (broad SMARTS) is 1. The van der Waals surface area contributed by atoms with E-state index in [0.717, 1.165) is 37.5 Å². The molecule has 2 nitrogen and oxygen atoms in total. The number of unbranched alkanes of at least 4 members (excludes halogenated alkanes) is 18. The van der Waals surface area contributed by atoms with Crippen molar-refractivity contribution in [3.8, 4) is 0 Å². The number of hydrogen-bond acceptors (Lipinski definition) is 1. The third-order valence-electron chi connectivity index (χ3n) is 7.52. The van der Waals surface area contributed by atoms with E-state index in [-0.39, 0.29) is 5.92 Å². The fourth-order valence-electron chi connectivity index (χ4n) is 5.11. The van der Waals surface area contributed by atoms with Gasteiger partial charge >= 0.3 is 5.97 Å². The lowest BCUT2D eigenvalue weighted by molar-refractivity contribution is -0.142. The van der Waals surface area contributed by atoms with Crippen LogP contribution < -0.4 is 0 Å². The maximum Gasteiger partial charge on any atom is 0.306 e. The minimum atomic E-state index is -0.560. The summed E-state index contributed by atoms with van der Waals surface area (Å²) in [5.41, 5.74) is 0. The van der Waals surface area contributed by atoms with Crippen molar-refractivity contribution in [3.05, 3.63) is 0 Å². The van der Waals surface area contributed by atoms with Crippen molar-refractivity contribution in [3.63, 3.8) is 0 Å². The van der Waals surface area contributed by atoms with Crippen molar-refractivity contribution in [1.29, 1.82) is 0 Å². The number of rotatable bonds is 27.